The number of hydrogen-bond acceptors (Lipinski definition) is 2. The molecule has 0 aliphatic rings. The van der Waals surface area contributed by atoms with Gasteiger partial charge < -0.3 is 9.47 Å². The number of ether oxygens (including phenoxy) is 2. The fraction of sp³-hybridized carbons (Fsp3) is 0.125. The maximum atomic E-state index is 13.8. The standard InChI is InChI=1S/C16H13Cl2FO2/c1-20-11-5-3-10(16(19)9-11)4-6-13-14(17)7-12(21-2)8-15(13)18/h3-9H,1-2H3/b6-4+. The van der Waals surface area contributed by atoms with Crippen LogP contribution in [0.4, 0.5) is 4.39 Å². The first-order chi connectivity index (χ1) is 10.0. The van der Waals surface area contributed by atoms with E-state index >= 15 is 0 Å². The molecule has 0 spiro atoms. The first-order valence-corrected chi connectivity index (χ1v) is 6.85. The summed E-state index contributed by atoms with van der Waals surface area (Å²) in [4.78, 5) is 0. The minimum absolute atomic E-state index is 0.383. The molecule has 0 bridgehead atoms. The van der Waals surface area contributed by atoms with Gasteiger partial charge in [0.15, 0.2) is 0 Å². The fourth-order valence-corrected chi connectivity index (χ4v) is 2.37. The molecule has 0 saturated heterocycles. The largest absolute Gasteiger partial charge is 0.497 e. The highest BCUT2D eigenvalue weighted by Gasteiger charge is 2.07. The molecule has 2 nitrogen and oxygen atoms in total. The molecule has 0 radical (unpaired) electrons. The van der Waals surface area contributed by atoms with Crippen molar-refractivity contribution in [1.82, 2.24) is 0 Å². The van der Waals surface area contributed by atoms with Crippen LogP contribution in [0.25, 0.3) is 12.2 Å². The van der Waals surface area contributed by atoms with E-state index in [0.717, 1.165) is 0 Å². The highest BCUT2D eigenvalue weighted by atomic mass is 35.5. The van der Waals surface area contributed by atoms with E-state index in [9.17, 15) is 4.39 Å². The number of halogens is 3. The summed E-state index contributed by atoms with van der Waals surface area (Å²) in [5, 5.41) is 0.869. The lowest BCUT2D eigenvalue weighted by Gasteiger charge is -2.06. The number of methoxy groups -OCH3 is 2. The molecule has 0 unspecified atom stereocenters. The van der Waals surface area contributed by atoms with Gasteiger partial charge in [-0.15, -0.1) is 0 Å². The van der Waals surface area contributed by atoms with Crippen LogP contribution in [0.15, 0.2) is 30.3 Å². The van der Waals surface area contributed by atoms with Gasteiger partial charge in [-0.25, -0.2) is 4.39 Å². The molecule has 0 atom stereocenters. The Bertz CT molecular complexity index is 661. The van der Waals surface area contributed by atoms with Gasteiger partial charge in [0.2, 0.25) is 0 Å². The molecule has 0 aliphatic carbocycles. The van der Waals surface area contributed by atoms with E-state index in [4.69, 9.17) is 32.7 Å². The molecule has 0 fully saturated rings. The SMILES string of the molecule is COc1ccc(/C=C/c2c(Cl)cc(OC)cc2Cl)c(F)c1. The molecule has 2 aromatic rings. The van der Waals surface area contributed by atoms with Gasteiger partial charge in [0.25, 0.3) is 0 Å². The van der Waals surface area contributed by atoms with Crippen molar-refractivity contribution < 1.29 is 13.9 Å². The van der Waals surface area contributed by atoms with Crippen LogP contribution in [0, 0.1) is 5.82 Å². The lowest BCUT2D eigenvalue weighted by molar-refractivity contribution is 0.411. The van der Waals surface area contributed by atoms with Crippen molar-refractivity contribution in [3.8, 4) is 11.5 Å². The van der Waals surface area contributed by atoms with Crippen LogP contribution in [0.1, 0.15) is 11.1 Å². The molecule has 2 aromatic carbocycles. The first-order valence-electron chi connectivity index (χ1n) is 6.10. The van der Waals surface area contributed by atoms with Crippen LogP contribution in [0.3, 0.4) is 0 Å². The summed E-state index contributed by atoms with van der Waals surface area (Å²) >= 11 is 12.3. The van der Waals surface area contributed by atoms with Crippen LogP contribution in [-0.4, -0.2) is 14.2 Å². The Morgan fingerprint density at radius 2 is 1.52 bits per heavy atom. The second-order valence-corrected chi connectivity index (χ2v) is 5.04. The average Bonchev–Trinajstić information content (AvgIpc) is 2.47. The predicted octanol–water partition coefficient (Wildman–Crippen LogP) is 5.32. The monoisotopic (exact) mass is 326 g/mol. The van der Waals surface area contributed by atoms with Crippen molar-refractivity contribution in [2.75, 3.05) is 14.2 Å². The average molecular weight is 327 g/mol. The highest BCUT2D eigenvalue weighted by molar-refractivity contribution is 6.37. The summed E-state index contributed by atoms with van der Waals surface area (Å²) in [6.07, 6.45) is 3.27. The van der Waals surface area contributed by atoms with Crippen molar-refractivity contribution in [2.24, 2.45) is 0 Å². The molecule has 2 rings (SSSR count). The van der Waals surface area contributed by atoms with Crippen LogP contribution in [-0.2, 0) is 0 Å². The van der Waals surface area contributed by atoms with Crippen molar-refractivity contribution in [3.63, 3.8) is 0 Å². The molecule has 0 aromatic heterocycles. The van der Waals surface area contributed by atoms with Crippen LogP contribution in [0.2, 0.25) is 10.0 Å². The maximum absolute atomic E-state index is 13.8. The predicted molar refractivity (Wildman–Crippen MR) is 84.9 cm³/mol. The third-order valence-corrected chi connectivity index (χ3v) is 3.55. The molecular weight excluding hydrogens is 314 g/mol. The van der Waals surface area contributed by atoms with Crippen LogP contribution >= 0.6 is 23.2 Å². The Morgan fingerprint density at radius 3 is 2.05 bits per heavy atom. The Hall–Kier alpha value is -1.71. The van der Waals surface area contributed by atoms with Crippen LogP contribution < -0.4 is 9.47 Å². The minimum atomic E-state index is -0.383. The zero-order valence-electron chi connectivity index (χ0n) is 11.5. The number of benzene rings is 2. The van der Waals surface area contributed by atoms with Gasteiger partial charge >= 0.3 is 0 Å². The van der Waals surface area contributed by atoms with Crippen molar-refractivity contribution in [2.45, 2.75) is 0 Å². The zero-order valence-corrected chi connectivity index (χ0v) is 13.0. The summed E-state index contributed by atoms with van der Waals surface area (Å²) in [6, 6.07) is 7.92. The normalized spacial score (nSPS) is 10.9. The quantitative estimate of drug-likeness (QED) is 0.708. The Kier molecular flexibility index (Phi) is 5.10. The molecular formula is C16H13Cl2FO2. The summed E-state index contributed by atoms with van der Waals surface area (Å²) < 4.78 is 23.9. The smallest absolute Gasteiger partial charge is 0.134 e. The summed E-state index contributed by atoms with van der Waals surface area (Å²) in [6.45, 7) is 0. The van der Waals surface area contributed by atoms with Gasteiger partial charge in [0.1, 0.15) is 17.3 Å². The summed E-state index contributed by atoms with van der Waals surface area (Å²) in [5.74, 6) is 0.647. The van der Waals surface area contributed by atoms with Crippen molar-refractivity contribution in [1.29, 1.82) is 0 Å². The Morgan fingerprint density at radius 1 is 0.905 bits per heavy atom. The number of hydrogen-bond donors (Lipinski definition) is 0. The maximum Gasteiger partial charge on any atom is 0.134 e. The lowest BCUT2D eigenvalue weighted by Crippen LogP contribution is -1.88. The third kappa shape index (κ3) is 3.69. The van der Waals surface area contributed by atoms with E-state index in [1.54, 1.807) is 36.4 Å². The second-order valence-electron chi connectivity index (χ2n) is 4.23. The molecule has 0 N–H and O–H groups in total. The first kappa shape index (κ1) is 15.7. The lowest BCUT2D eigenvalue weighted by atomic mass is 10.1. The third-order valence-electron chi connectivity index (χ3n) is 2.93. The molecule has 110 valence electrons. The second kappa shape index (κ2) is 6.83. The van der Waals surface area contributed by atoms with Gasteiger partial charge in [-0.3, -0.25) is 0 Å². The molecule has 21 heavy (non-hydrogen) atoms. The van der Waals surface area contributed by atoms with Crippen LogP contribution in [0.5, 0.6) is 11.5 Å². The van der Waals surface area contributed by atoms with Gasteiger partial charge in [-0.2, -0.15) is 0 Å². The summed E-state index contributed by atoms with van der Waals surface area (Å²) in [7, 11) is 3.02. The van der Waals surface area contributed by atoms with E-state index in [1.165, 1.54) is 20.3 Å². The van der Waals surface area contributed by atoms with Gasteiger partial charge in [-0.1, -0.05) is 35.4 Å². The number of rotatable bonds is 4. The van der Waals surface area contributed by atoms with Crippen molar-refractivity contribution in [3.05, 3.63) is 57.3 Å². The van der Waals surface area contributed by atoms with Gasteiger partial charge in [-0.05, 0) is 24.3 Å². The zero-order chi connectivity index (χ0) is 15.4. The minimum Gasteiger partial charge on any atom is -0.497 e. The van der Waals surface area contributed by atoms with E-state index in [-0.39, 0.29) is 5.82 Å². The fourth-order valence-electron chi connectivity index (χ4n) is 1.78. The van der Waals surface area contributed by atoms with Crippen molar-refractivity contribution >= 4 is 35.4 Å². The Balaban J connectivity index is 2.33. The molecule has 0 heterocycles. The molecule has 0 saturated carbocycles. The van der Waals surface area contributed by atoms with E-state index in [2.05, 4.69) is 0 Å². The Labute approximate surface area is 132 Å². The van der Waals surface area contributed by atoms with E-state index < -0.39 is 0 Å². The van der Waals surface area contributed by atoms with Gasteiger partial charge in [0.05, 0.1) is 24.3 Å². The topological polar surface area (TPSA) is 18.5 Å². The van der Waals surface area contributed by atoms with E-state index in [1.807, 2.05) is 0 Å². The van der Waals surface area contributed by atoms with E-state index in [0.29, 0.717) is 32.7 Å². The molecule has 0 amide bonds. The molecule has 0 aliphatic heterocycles. The highest BCUT2D eigenvalue weighted by Crippen LogP contribution is 2.32. The molecule has 5 heteroatoms. The summed E-state index contributed by atoms with van der Waals surface area (Å²) in [5.41, 5.74) is 1.02. The van der Waals surface area contributed by atoms with Gasteiger partial charge in [0, 0.05) is 17.2 Å².